The molecule has 116 valence electrons. The summed E-state index contributed by atoms with van der Waals surface area (Å²) in [4.78, 5) is 39.3. The second-order valence-electron chi connectivity index (χ2n) is 4.81. The lowest BCUT2D eigenvalue weighted by Gasteiger charge is -2.07. The van der Waals surface area contributed by atoms with Gasteiger partial charge in [-0.1, -0.05) is 12.1 Å². The summed E-state index contributed by atoms with van der Waals surface area (Å²) in [6.07, 6.45) is -0.0892. The lowest BCUT2D eigenvalue weighted by Crippen LogP contribution is -2.32. The number of aromatic amines is 2. The maximum atomic E-state index is 11.9. The first-order chi connectivity index (χ1) is 10.5. The highest BCUT2D eigenvalue weighted by molar-refractivity contribution is 5.78. The summed E-state index contributed by atoms with van der Waals surface area (Å²) in [5.41, 5.74) is 0.451. The van der Waals surface area contributed by atoms with Gasteiger partial charge in [0.25, 0.3) is 5.56 Å². The van der Waals surface area contributed by atoms with Gasteiger partial charge in [0.05, 0.1) is 13.5 Å². The first-order valence-corrected chi connectivity index (χ1v) is 6.71. The molecule has 0 radical (unpaired) electrons. The molecule has 2 aromatic rings. The van der Waals surface area contributed by atoms with Gasteiger partial charge in [0.1, 0.15) is 5.75 Å². The van der Waals surface area contributed by atoms with Gasteiger partial charge < -0.3 is 15.0 Å². The van der Waals surface area contributed by atoms with E-state index in [1.54, 1.807) is 26.2 Å². The number of hydrogen-bond donors (Lipinski definition) is 3. The number of amides is 1. The summed E-state index contributed by atoms with van der Waals surface area (Å²) in [6.45, 7) is 1.94. The van der Waals surface area contributed by atoms with Crippen molar-refractivity contribution in [2.45, 2.75) is 19.9 Å². The zero-order chi connectivity index (χ0) is 16.1. The molecule has 1 amide bonds. The monoisotopic (exact) mass is 303 g/mol. The van der Waals surface area contributed by atoms with Crippen LogP contribution in [0.1, 0.15) is 16.8 Å². The summed E-state index contributed by atoms with van der Waals surface area (Å²) < 4.78 is 5.06. The Kier molecular flexibility index (Phi) is 4.77. The van der Waals surface area contributed by atoms with Gasteiger partial charge in [0.15, 0.2) is 0 Å². The van der Waals surface area contributed by atoms with Crippen LogP contribution in [-0.4, -0.2) is 23.0 Å². The lowest BCUT2D eigenvalue weighted by molar-refractivity contribution is -0.120. The fraction of sp³-hybridized carbons (Fsp3) is 0.267. The lowest BCUT2D eigenvalue weighted by atomic mass is 10.1. The van der Waals surface area contributed by atoms with Crippen LogP contribution in [0.15, 0.2) is 33.9 Å². The molecule has 0 aliphatic heterocycles. The van der Waals surface area contributed by atoms with Crippen molar-refractivity contribution >= 4 is 5.91 Å². The van der Waals surface area contributed by atoms with E-state index in [1.165, 1.54) is 0 Å². The Morgan fingerprint density at radius 2 is 1.86 bits per heavy atom. The summed E-state index contributed by atoms with van der Waals surface area (Å²) in [7, 11) is 1.58. The average molecular weight is 303 g/mol. The molecular weight excluding hydrogens is 286 g/mol. The molecule has 7 nitrogen and oxygen atoms in total. The van der Waals surface area contributed by atoms with Crippen molar-refractivity contribution < 1.29 is 9.53 Å². The van der Waals surface area contributed by atoms with Crippen LogP contribution in [0.25, 0.3) is 0 Å². The molecule has 7 heteroatoms. The fourth-order valence-corrected chi connectivity index (χ4v) is 2.01. The molecule has 1 aromatic carbocycles. The van der Waals surface area contributed by atoms with Gasteiger partial charge in [-0.15, -0.1) is 0 Å². The molecular formula is C15H17N3O4. The summed E-state index contributed by atoms with van der Waals surface area (Å²) >= 11 is 0. The number of ether oxygens (including phenoxy) is 1. The standard InChI is InChI=1S/C15H17N3O4/c1-9-12(14(20)18-15(21)17-9)7-13(19)16-8-10-3-5-11(22-2)6-4-10/h3-6H,7-8H2,1-2H3,(H,16,19)(H2,17,18,20,21). The van der Waals surface area contributed by atoms with E-state index in [0.29, 0.717) is 12.2 Å². The maximum absolute atomic E-state index is 11.9. The maximum Gasteiger partial charge on any atom is 0.325 e. The van der Waals surface area contributed by atoms with Crippen molar-refractivity contribution in [1.82, 2.24) is 15.3 Å². The second kappa shape index (κ2) is 6.75. The molecule has 2 rings (SSSR count). The Balaban J connectivity index is 1.98. The zero-order valence-corrected chi connectivity index (χ0v) is 12.4. The van der Waals surface area contributed by atoms with Crippen LogP contribution in [0.5, 0.6) is 5.75 Å². The van der Waals surface area contributed by atoms with Crippen molar-refractivity contribution in [1.29, 1.82) is 0 Å². The Morgan fingerprint density at radius 3 is 2.45 bits per heavy atom. The molecule has 1 heterocycles. The van der Waals surface area contributed by atoms with Crippen molar-refractivity contribution in [3.05, 3.63) is 61.9 Å². The van der Waals surface area contributed by atoms with E-state index in [4.69, 9.17) is 4.74 Å². The number of nitrogens with one attached hydrogen (secondary N) is 3. The van der Waals surface area contributed by atoms with Crippen molar-refractivity contribution in [2.75, 3.05) is 7.11 Å². The highest BCUT2D eigenvalue weighted by atomic mass is 16.5. The number of methoxy groups -OCH3 is 1. The number of aryl methyl sites for hydroxylation is 1. The number of carbonyl (C=O) groups is 1. The van der Waals surface area contributed by atoms with Crippen LogP contribution in [0.3, 0.4) is 0 Å². The van der Waals surface area contributed by atoms with Gasteiger partial charge in [-0.2, -0.15) is 0 Å². The average Bonchev–Trinajstić information content (AvgIpc) is 2.49. The van der Waals surface area contributed by atoms with E-state index >= 15 is 0 Å². The Morgan fingerprint density at radius 1 is 1.18 bits per heavy atom. The quantitative estimate of drug-likeness (QED) is 0.736. The third kappa shape index (κ3) is 3.85. The molecule has 0 spiro atoms. The minimum atomic E-state index is -0.579. The van der Waals surface area contributed by atoms with Crippen LogP contribution in [0, 0.1) is 6.92 Å². The van der Waals surface area contributed by atoms with Gasteiger partial charge in [-0.3, -0.25) is 14.6 Å². The topological polar surface area (TPSA) is 104 Å². The minimum Gasteiger partial charge on any atom is -0.497 e. The molecule has 0 bridgehead atoms. The second-order valence-corrected chi connectivity index (χ2v) is 4.81. The SMILES string of the molecule is COc1ccc(CNC(=O)Cc2c(C)[nH]c(=O)[nH]c2=O)cc1. The van der Waals surface area contributed by atoms with Crippen LogP contribution in [-0.2, 0) is 17.8 Å². The first-order valence-electron chi connectivity index (χ1n) is 6.71. The van der Waals surface area contributed by atoms with Crippen LogP contribution in [0.2, 0.25) is 0 Å². The van der Waals surface area contributed by atoms with E-state index in [1.807, 2.05) is 12.1 Å². The number of H-pyrrole nitrogens is 2. The van der Waals surface area contributed by atoms with Crippen LogP contribution in [0.4, 0.5) is 0 Å². The number of carbonyl (C=O) groups excluding carboxylic acids is 1. The van der Waals surface area contributed by atoms with E-state index in [0.717, 1.165) is 11.3 Å². The van der Waals surface area contributed by atoms with Crippen LogP contribution < -0.4 is 21.3 Å². The normalized spacial score (nSPS) is 10.3. The van der Waals surface area contributed by atoms with Gasteiger partial charge in [-0.25, -0.2) is 4.79 Å². The van der Waals surface area contributed by atoms with E-state index in [9.17, 15) is 14.4 Å². The minimum absolute atomic E-state index is 0.0892. The molecule has 0 aliphatic rings. The number of rotatable bonds is 5. The van der Waals surface area contributed by atoms with Crippen molar-refractivity contribution in [3.8, 4) is 5.75 Å². The molecule has 0 atom stereocenters. The molecule has 1 aromatic heterocycles. The first kappa shape index (κ1) is 15.6. The third-order valence-corrected chi connectivity index (χ3v) is 3.24. The summed E-state index contributed by atoms with van der Waals surface area (Å²) in [5.74, 6) is 0.446. The predicted molar refractivity (Wildman–Crippen MR) is 81.0 cm³/mol. The molecule has 0 fully saturated rings. The largest absolute Gasteiger partial charge is 0.497 e. The summed E-state index contributed by atoms with van der Waals surface area (Å²) in [5, 5.41) is 2.73. The Labute approximate surface area is 126 Å². The van der Waals surface area contributed by atoms with E-state index in [-0.39, 0.29) is 17.9 Å². The zero-order valence-electron chi connectivity index (χ0n) is 12.4. The van der Waals surface area contributed by atoms with Gasteiger partial charge in [-0.05, 0) is 24.6 Å². The molecule has 3 N–H and O–H groups in total. The van der Waals surface area contributed by atoms with E-state index in [2.05, 4.69) is 15.3 Å². The molecule has 0 aliphatic carbocycles. The molecule has 0 saturated carbocycles. The smallest absolute Gasteiger partial charge is 0.325 e. The predicted octanol–water partition coefficient (Wildman–Crippen LogP) is 0.239. The summed E-state index contributed by atoms with van der Waals surface area (Å²) in [6, 6.07) is 7.30. The van der Waals surface area contributed by atoms with Gasteiger partial charge in [0, 0.05) is 17.8 Å². The van der Waals surface area contributed by atoms with E-state index < -0.39 is 11.2 Å². The number of benzene rings is 1. The Bertz CT molecular complexity index is 775. The van der Waals surface area contributed by atoms with Crippen LogP contribution >= 0.6 is 0 Å². The highest BCUT2D eigenvalue weighted by Gasteiger charge is 2.11. The van der Waals surface area contributed by atoms with Gasteiger partial charge in [0.2, 0.25) is 5.91 Å². The molecule has 0 saturated heterocycles. The highest BCUT2D eigenvalue weighted by Crippen LogP contribution is 2.10. The number of aromatic nitrogens is 2. The Hall–Kier alpha value is -2.83. The van der Waals surface area contributed by atoms with Crippen molar-refractivity contribution in [3.63, 3.8) is 0 Å². The fourth-order valence-electron chi connectivity index (χ4n) is 2.01. The molecule has 0 unspecified atom stereocenters. The molecule has 22 heavy (non-hydrogen) atoms. The third-order valence-electron chi connectivity index (χ3n) is 3.24. The van der Waals surface area contributed by atoms with Crippen molar-refractivity contribution in [2.24, 2.45) is 0 Å². The number of hydrogen-bond acceptors (Lipinski definition) is 4. The van der Waals surface area contributed by atoms with Gasteiger partial charge >= 0.3 is 5.69 Å².